The van der Waals surface area contributed by atoms with Crippen molar-refractivity contribution in [3.63, 3.8) is 0 Å². The molecule has 0 bridgehead atoms. The summed E-state index contributed by atoms with van der Waals surface area (Å²) in [6, 6.07) is 15.9. The van der Waals surface area contributed by atoms with Gasteiger partial charge in [0.05, 0.1) is 0 Å². The van der Waals surface area contributed by atoms with Crippen LogP contribution in [0.3, 0.4) is 0 Å². The van der Waals surface area contributed by atoms with Crippen molar-refractivity contribution in [2.45, 2.75) is 52.4 Å². The van der Waals surface area contributed by atoms with E-state index in [1.165, 1.54) is 33.2 Å². The standard InChI is InChI=1S/C22H27N/c1-21(2,3)18-12-17(13-19(14-18)22(4,5)6)15-7-8-20-16(11-15)9-10-23-20/h7-14,23H,1-6H3. The van der Waals surface area contributed by atoms with E-state index < -0.39 is 0 Å². The van der Waals surface area contributed by atoms with Crippen LogP contribution < -0.4 is 0 Å². The fourth-order valence-corrected chi connectivity index (χ4v) is 2.89. The molecule has 3 aromatic rings. The largest absolute Gasteiger partial charge is 0.361 e. The number of fused-ring (bicyclic) bond motifs is 1. The van der Waals surface area contributed by atoms with Gasteiger partial charge in [0.2, 0.25) is 0 Å². The van der Waals surface area contributed by atoms with E-state index in [1.807, 2.05) is 6.20 Å². The van der Waals surface area contributed by atoms with Crippen LogP contribution in [0.5, 0.6) is 0 Å². The van der Waals surface area contributed by atoms with Gasteiger partial charge in [-0.1, -0.05) is 65.8 Å². The quantitative estimate of drug-likeness (QED) is 0.533. The Morgan fingerprint density at radius 1 is 0.652 bits per heavy atom. The molecule has 0 unspecified atom stereocenters. The van der Waals surface area contributed by atoms with Crippen LogP contribution in [0.2, 0.25) is 0 Å². The molecule has 0 saturated heterocycles. The van der Waals surface area contributed by atoms with E-state index in [4.69, 9.17) is 0 Å². The van der Waals surface area contributed by atoms with Crippen molar-refractivity contribution < 1.29 is 0 Å². The number of hydrogen-bond acceptors (Lipinski definition) is 0. The lowest BCUT2D eigenvalue weighted by atomic mass is 9.79. The molecule has 0 fully saturated rings. The first-order valence-corrected chi connectivity index (χ1v) is 8.38. The Hall–Kier alpha value is -2.02. The van der Waals surface area contributed by atoms with Crippen LogP contribution in [-0.4, -0.2) is 4.98 Å². The highest BCUT2D eigenvalue weighted by atomic mass is 14.7. The molecule has 0 aliphatic carbocycles. The lowest BCUT2D eigenvalue weighted by Gasteiger charge is -2.26. The van der Waals surface area contributed by atoms with Gasteiger partial charge >= 0.3 is 0 Å². The first-order valence-electron chi connectivity index (χ1n) is 8.38. The number of rotatable bonds is 1. The molecule has 0 aliphatic rings. The van der Waals surface area contributed by atoms with Crippen molar-refractivity contribution in [3.8, 4) is 11.1 Å². The normalized spacial score (nSPS) is 12.8. The smallest absolute Gasteiger partial charge is 0.0454 e. The molecular formula is C22H27N. The molecule has 0 aliphatic heterocycles. The molecule has 0 atom stereocenters. The van der Waals surface area contributed by atoms with Gasteiger partial charge in [0.15, 0.2) is 0 Å². The molecule has 1 heteroatoms. The molecule has 1 nitrogen and oxygen atoms in total. The zero-order chi connectivity index (χ0) is 16.8. The molecule has 120 valence electrons. The summed E-state index contributed by atoms with van der Waals surface area (Å²) < 4.78 is 0. The average Bonchev–Trinajstić information content (AvgIpc) is 2.92. The lowest BCUT2D eigenvalue weighted by molar-refractivity contribution is 0.569. The maximum atomic E-state index is 3.27. The highest BCUT2D eigenvalue weighted by molar-refractivity contribution is 5.85. The van der Waals surface area contributed by atoms with Gasteiger partial charge in [0.25, 0.3) is 0 Å². The number of nitrogens with one attached hydrogen (secondary N) is 1. The summed E-state index contributed by atoms with van der Waals surface area (Å²) in [5, 5.41) is 1.26. The van der Waals surface area contributed by atoms with Crippen molar-refractivity contribution in [2.75, 3.05) is 0 Å². The number of benzene rings is 2. The average molecular weight is 305 g/mol. The van der Waals surface area contributed by atoms with Gasteiger partial charge in [-0.05, 0) is 56.7 Å². The zero-order valence-electron chi connectivity index (χ0n) is 15.1. The number of H-pyrrole nitrogens is 1. The Labute approximate surface area is 139 Å². The first kappa shape index (κ1) is 15.9. The van der Waals surface area contributed by atoms with Crippen LogP contribution >= 0.6 is 0 Å². The Morgan fingerprint density at radius 3 is 1.83 bits per heavy atom. The maximum absolute atomic E-state index is 3.27. The summed E-state index contributed by atoms with van der Waals surface area (Å²) >= 11 is 0. The molecular weight excluding hydrogens is 278 g/mol. The van der Waals surface area contributed by atoms with E-state index in [2.05, 4.69) is 89.0 Å². The summed E-state index contributed by atoms with van der Waals surface area (Å²) in [7, 11) is 0. The molecule has 0 saturated carbocycles. The predicted molar refractivity (Wildman–Crippen MR) is 101 cm³/mol. The van der Waals surface area contributed by atoms with Crippen LogP contribution in [0.25, 0.3) is 22.0 Å². The molecule has 1 aromatic heterocycles. The van der Waals surface area contributed by atoms with Gasteiger partial charge in [0.1, 0.15) is 0 Å². The molecule has 1 heterocycles. The summed E-state index contributed by atoms with van der Waals surface area (Å²) in [4.78, 5) is 3.27. The van der Waals surface area contributed by atoms with Crippen LogP contribution in [0.4, 0.5) is 0 Å². The SMILES string of the molecule is CC(C)(C)c1cc(-c2ccc3[nH]ccc3c2)cc(C(C)(C)C)c1. The van der Waals surface area contributed by atoms with Crippen molar-refractivity contribution in [1.29, 1.82) is 0 Å². The second kappa shape index (κ2) is 5.26. The van der Waals surface area contributed by atoms with Crippen LogP contribution in [0.15, 0.2) is 48.7 Å². The van der Waals surface area contributed by atoms with Crippen LogP contribution in [-0.2, 0) is 10.8 Å². The summed E-state index contributed by atoms with van der Waals surface area (Å²) in [5.74, 6) is 0. The van der Waals surface area contributed by atoms with Gasteiger partial charge in [-0.25, -0.2) is 0 Å². The van der Waals surface area contributed by atoms with Gasteiger partial charge < -0.3 is 4.98 Å². The van der Waals surface area contributed by atoms with Crippen molar-refractivity contribution in [2.24, 2.45) is 0 Å². The van der Waals surface area contributed by atoms with E-state index in [0.29, 0.717) is 0 Å². The zero-order valence-corrected chi connectivity index (χ0v) is 15.1. The Balaban J connectivity index is 2.21. The summed E-state index contributed by atoms with van der Waals surface area (Å²) in [6.07, 6.45) is 2.00. The molecule has 0 radical (unpaired) electrons. The molecule has 0 spiro atoms. The summed E-state index contributed by atoms with van der Waals surface area (Å²) in [6.45, 7) is 13.7. The van der Waals surface area contributed by atoms with E-state index in [0.717, 1.165) is 0 Å². The van der Waals surface area contributed by atoms with Gasteiger partial charge in [0, 0.05) is 11.7 Å². The fraction of sp³-hybridized carbons (Fsp3) is 0.364. The lowest BCUT2D eigenvalue weighted by Crippen LogP contribution is -2.16. The number of aromatic amines is 1. The third-order valence-electron chi connectivity index (χ3n) is 4.55. The van der Waals surface area contributed by atoms with E-state index in [1.54, 1.807) is 0 Å². The number of aromatic nitrogens is 1. The molecule has 3 rings (SSSR count). The van der Waals surface area contributed by atoms with Gasteiger partial charge in [-0.2, -0.15) is 0 Å². The van der Waals surface area contributed by atoms with Gasteiger partial charge in [-0.15, -0.1) is 0 Å². The van der Waals surface area contributed by atoms with E-state index >= 15 is 0 Å². The minimum Gasteiger partial charge on any atom is -0.361 e. The van der Waals surface area contributed by atoms with E-state index in [9.17, 15) is 0 Å². The first-order chi connectivity index (χ1) is 10.6. The maximum Gasteiger partial charge on any atom is 0.0454 e. The van der Waals surface area contributed by atoms with Crippen molar-refractivity contribution >= 4 is 10.9 Å². The predicted octanol–water partition coefficient (Wildman–Crippen LogP) is 6.43. The minimum absolute atomic E-state index is 0.147. The molecule has 2 aromatic carbocycles. The third-order valence-corrected chi connectivity index (χ3v) is 4.55. The van der Waals surface area contributed by atoms with Crippen molar-refractivity contribution in [3.05, 3.63) is 59.8 Å². The second-order valence-corrected chi connectivity index (χ2v) is 8.58. The highest BCUT2D eigenvalue weighted by Crippen LogP contribution is 2.34. The van der Waals surface area contributed by atoms with Crippen molar-refractivity contribution in [1.82, 2.24) is 4.98 Å². The highest BCUT2D eigenvalue weighted by Gasteiger charge is 2.20. The summed E-state index contributed by atoms with van der Waals surface area (Å²) in [5.41, 5.74) is 6.88. The molecule has 23 heavy (non-hydrogen) atoms. The number of hydrogen-bond donors (Lipinski definition) is 1. The second-order valence-electron chi connectivity index (χ2n) is 8.58. The van der Waals surface area contributed by atoms with Crippen LogP contribution in [0.1, 0.15) is 52.7 Å². The molecule has 1 N–H and O–H groups in total. The van der Waals surface area contributed by atoms with Crippen LogP contribution in [0, 0.1) is 0 Å². The Bertz CT molecular complexity index is 806. The van der Waals surface area contributed by atoms with Gasteiger partial charge in [-0.3, -0.25) is 0 Å². The minimum atomic E-state index is 0.147. The fourth-order valence-electron chi connectivity index (χ4n) is 2.89. The Kier molecular flexibility index (Phi) is 3.63. The monoisotopic (exact) mass is 305 g/mol. The third kappa shape index (κ3) is 3.19. The Morgan fingerprint density at radius 2 is 1.26 bits per heavy atom. The van der Waals surface area contributed by atoms with E-state index in [-0.39, 0.29) is 10.8 Å². The topological polar surface area (TPSA) is 15.8 Å². The molecule has 0 amide bonds.